The zero-order chi connectivity index (χ0) is 13.1. The van der Waals surface area contributed by atoms with Crippen LogP contribution in [0.5, 0.6) is 0 Å². The largest absolute Gasteiger partial charge is 0.278 e. The number of rotatable bonds is 0. The smallest absolute Gasteiger partial charge is 0.113 e. The van der Waals surface area contributed by atoms with Gasteiger partial charge in [-0.3, -0.25) is 5.10 Å². The van der Waals surface area contributed by atoms with Crippen LogP contribution in [-0.4, -0.2) is 25.6 Å². The number of H-pyrrole nitrogens is 2. The quantitative estimate of drug-likeness (QED) is 0.505. The van der Waals surface area contributed by atoms with Crippen molar-refractivity contribution in [3.8, 4) is 0 Å². The van der Waals surface area contributed by atoms with Crippen molar-refractivity contribution in [2.24, 2.45) is 0 Å². The average molecular weight is 251 g/mol. The van der Waals surface area contributed by atoms with Crippen molar-refractivity contribution < 1.29 is 0 Å². The molecule has 0 bridgehead atoms. The molecule has 0 aliphatic rings. The first-order valence-electron chi connectivity index (χ1n) is 5.98. The third-order valence-corrected chi connectivity index (χ3v) is 2.82. The Morgan fingerprint density at radius 3 is 2.68 bits per heavy atom. The lowest BCUT2D eigenvalue weighted by Gasteiger charge is -1.87. The van der Waals surface area contributed by atoms with E-state index in [9.17, 15) is 0 Å². The maximum Gasteiger partial charge on any atom is 0.113 e. The van der Waals surface area contributed by atoms with E-state index in [4.69, 9.17) is 0 Å². The van der Waals surface area contributed by atoms with Crippen LogP contribution in [-0.2, 0) is 0 Å². The predicted molar refractivity (Wildman–Crippen MR) is 74.7 cm³/mol. The Labute approximate surface area is 109 Å². The van der Waals surface area contributed by atoms with Crippen LogP contribution in [0.4, 0.5) is 0 Å². The molecule has 0 unspecified atom stereocenters. The molecule has 0 radical (unpaired) electrons. The third-order valence-electron chi connectivity index (χ3n) is 2.82. The predicted octanol–water partition coefficient (Wildman–Crippen LogP) is 2.83. The highest BCUT2D eigenvalue weighted by Crippen LogP contribution is 2.08. The summed E-state index contributed by atoms with van der Waals surface area (Å²) in [5.74, 6) is 0. The molecule has 2 aromatic heterocycles. The van der Waals surface area contributed by atoms with Crippen LogP contribution in [0.3, 0.4) is 0 Å². The number of benzene rings is 2. The summed E-state index contributed by atoms with van der Waals surface area (Å²) in [5, 5.41) is 18.3. The normalized spacial score (nSPS) is 10.4. The molecule has 0 atom stereocenters. The van der Waals surface area contributed by atoms with E-state index in [-0.39, 0.29) is 0 Å². The summed E-state index contributed by atoms with van der Waals surface area (Å²) in [4.78, 5) is 0. The zero-order valence-electron chi connectivity index (χ0n) is 10.5. The Kier molecular flexibility index (Phi) is 2.94. The van der Waals surface area contributed by atoms with E-state index < -0.39 is 0 Å². The fraction of sp³-hybridized carbons (Fsp3) is 0.0714. The van der Waals surface area contributed by atoms with E-state index in [0.717, 1.165) is 21.9 Å². The van der Waals surface area contributed by atoms with Crippen molar-refractivity contribution in [3.63, 3.8) is 0 Å². The minimum atomic E-state index is 0.922. The lowest BCUT2D eigenvalue weighted by Crippen LogP contribution is -1.71. The van der Waals surface area contributed by atoms with Crippen molar-refractivity contribution in [2.75, 3.05) is 0 Å². The summed E-state index contributed by atoms with van der Waals surface area (Å²) < 4.78 is 0. The first-order valence-corrected chi connectivity index (χ1v) is 5.98. The van der Waals surface area contributed by atoms with Gasteiger partial charge in [-0.1, -0.05) is 24.3 Å². The Morgan fingerprint density at radius 1 is 0.947 bits per heavy atom. The van der Waals surface area contributed by atoms with E-state index in [2.05, 4.69) is 25.6 Å². The minimum absolute atomic E-state index is 0.922. The summed E-state index contributed by atoms with van der Waals surface area (Å²) in [5.41, 5.74) is 4.16. The molecule has 0 saturated heterocycles. The second kappa shape index (κ2) is 4.89. The summed E-state index contributed by atoms with van der Waals surface area (Å²) >= 11 is 0. The van der Waals surface area contributed by atoms with Gasteiger partial charge < -0.3 is 0 Å². The molecule has 4 aromatic rings. The van der Waals surface area contributed by atoms with Gasteiger partial charge in [-0.2, -0.15) is 20.5 Å². The highest BCUT2D eigenvalue weighted by molar-refractivity contribution is 5.77. The fourth-order valence-electron chi connectivity index (χ4n) is 1.83. The van der Waals surface area contributed by atoms with Gasteiger partial charge in [0.05, 0.1) is 11.7 Å². The van der Waals surface area contributed by atoms with Crippen molar-refractivity contribution >= 4 is 21.9 Å². The standard InChI is InChI=1S/C7H7N3.C7H6N2/c1-5-2-3-6-7(4-5)9-10-8-6;1-2-4-7-6(3-1)5-8-9-7/h2-4H,1H3,(H,8,9,10);1-5H,(H,8,9). The molecule has 19 heavy (non-hydrogen) atoms. The molecule has 94 valence electrons. The van der Waals surface area contributed by atoms with Crippen molar-refractivity contribution in [2.45, 2.75) is 6.92 Å². The molecule has 0 fully saturated rings. The number of para-hydroxylation sites is 1. The highest BCUT2D eigenvalue weighted by atomic mass is 15.3. The van der Waals surface area contributed by atoms with Gasteiger partial charge in [-0.15, -0.1) is 0 Å². The van der Waals surface area contributed by atoms with Crippen molar-refractivity contribution in [3.05, 3.63) is 54.2 Å². The average Bonchev–Trinajstić information content (AvgIpc) is 3.07. The molecular formula is C14H13N5. The lowest BCUT2D eigenvalue weighted by atomic mass is 10.2. The van der Waals surface area contributed by atoms with E-state index in [0.29, 0.717) is 0 Å². The van der Waals surface area contributed by atoms with E-state index in [1.165, 1.54) is 5.56 Å². The number of fused-ring (bicyclic) bond motifs is 2. The van der Waals surface area contributed by atoms with Crippen LogP contribution >= 0.6 is 0 Å². The van der Waals surface area contributed by atoms with Gasteiger partial charge in [-0.25, -0.2) is 0 Å². The number of nitrogens with one attached hydrogen (secondary N) is 2. The maximum absolute atomic E-state index is 3.94. The minimum Gasteiger partial charge on any atom is -0.278 e. The highest BCUT2D eigenvalue weighted by Gasteiger charge is 1.94. The molecule has 0 saturated carbocycles. The number of aromatic nitrogens is 5. The summed E-state index contributed by atoms with van der Waals surface area (Å²) in [7, 11) is 0. The van der Waals surface area contributed by atoms with Crippen LogP contribution < -0.4 is 0 Å². The third kappa shape index (κ3) is 2.44. The Balaban J connectivity index is 0.000000117. The molecule has 5 heteroatoms. The van der Waals surface area contributed by atoms with Crippen LogP contribution in [0.25, 0.3) is 21.9 Å². The van der Waals surface area contributed by atoms with Crippen LogP contribution in [0, 0.1) is 6.92 Å². The molecule has 2 aromatic carbocycles. The second-order valence-corrected chi connectivity index (χ2v) is 4.27. The fourth-order valence-corrected chi connectivity index (χ4v) is 1.83. The molecule has 0 aliphatic heterocycles. The van der Waals surface area contributed by atoms with Gasteiger partial charge in [0, 0.05) is 5.39 Å². The van der Waals surface area contributed by atoms with Gasteiger partial charge >= 0.3 is 0 Å². The molecule has 0 spiro atoms. The van der Waals surface area contributed by atoms with E-state index in [1.54, 1.807) is 0 Å². The van der Waals surface area contributed by atoms with E-state index in [1.807, 2.05) is 55.6 Å². The molecule has 2 heterocycles. The van der Waals surface area contributed by atoms with Gasteiger partial charge in [-0.05, 0) is 30.7 Å². The van der Waals surface area contributed by atoms with Crippen LogP contribution in [0.1, 0.15) is 5.56 Å². The Bertz CT molecular complexity index is 769. The first kappa shape index (κ1) is 11.4. The summed E-state index contributed by atoms with van der Waals surface area (Å²) in [6.45, 7) is 2.04. The molecule has 4 rings (SSSR count). The molecule has 5 nitrogen and oxygen atoms in total. The number of hydrogen-bond acceptors (Lipinski definition) is 3. The number of nitrogens with zero attached hydrogens (tertiary/aromatic N) is 3. The zero-order valence-corrected chi connectivity index (χ0v) is 10.5. The Morgan fingerprint density at radius 2 is 1.79 bits per heavy atom. The SMILES string of the molecule is Cc1ccc2n[nH]nc2c1.c1ccc2[nH]ncc2c1. The van der Waals surface area contributed by atoms with E-state index >= 15 is 0 Å². The van der Waals surface area contributed by atoms with Crippen molar-refractivity contribution in [1.29, 1.82) is 0 Å². The second-order valence-electron chi connectivity index (χ2n) is 4.27. The number of aryl methyl sites for hydroxylation is 1. The molecule has 2 N–H and O–H groups in total. The van der Waals surface area contributed by atoms with Crippen molar-refractivity contribution in [1.82, 2.24) is 25.6 Å². The van der Waals surface area contributed by atoms with Crippen LogP contribution in [0.2, 0.25) is 0 Å². The number of aromatic amines is 2. The Hall–Kier alpha value is -2.69. The van der Waals surface area contributed by atoms with Gasteiger partial charge in [0.2, 0.25) is 0 Å². The summed E-state index contributed by atoms with van der Waals surface area (Å²) in [6.07, 6.45) is 1.81. The molecule has 0 aliphatic carbocycles. The van der Waals surface area contributed by atoms with Gasteiger partial charge in [0.1, 0.15) is 11.0 Å². The summed E-state index contributed by atoms with van der Waals surface area (Å²) in [6, 6.07) is 14.0. The topological polar surface area (TPSA) is 70.2 Å². The van der Waals surface area contributed by atoms with Crippen LogP contribution in [0.15, 0.2) is 48.7 Å². The number of hydrogen-bond donors (Lipinski definition) is 2. The van der Waals surface area contributed by atoms with Gasteiger partial charge in [0.15, 0.2) is 0 Å². The lowest BCUT2D eigenvalue weighted by molar-refractivity contribution is 0.959. The first-order chi connectivity index (χ1) is 9.33. The molecular weight excluding hydrogens is 238 g/mol. The maximum atomic E-state index is 3.94. The van der Waals surface area contributed by atoms with Gasteiger partial charge in [0.25, 0.3) is 0 Å². The molecule has 0 amide bonds. The monoisotopic (exact) mass is 251 g/mol.